The Morgan fingerprint density at radius 2 is 2.09 bits per heavy atom. The van der Waals surface area contributed by atoms with Gasteiger partial charge in [0.1, 0.15) is 11.6 Å². The van der Waals surface area contributed by atoms with Crippen LogP contribution in [0.15, 0.2) is 45.6 Å². The normalized spacial score (nSPS) is 16.5. The SMILES string of the molecule is CSc1nc2c(c(=O)[nH]1)C(c1ccc(Cl)cc1)C(C#N)=C(N)N2. The maximum absolute atomic E-state index is 12.5. The largest absolute Gasteiger partial charge is 0.384 e. The molecule has 0 saturated carbocycles. The van der Waals surface area contributed by atoms with E-state index >= 15 is 0 Å². The maximum Gasteiger partial charge on any atom is 0.257 e. The van der Waals surface area contributed by atoms with Crippen molar-refractivity contribution in [1.82, 2.24) is 9.97 Å². The number of rotatable bonds is 2. The van der Waals surface area contributed by atoms with Crippen LogP contribution in [0.4, 0.5) is 5.82 Å². The number of fused-ring (bicyclic) bond motifs is 1. The zero-order chi connectivity index (χ0) is 16.6. The molecular formula is C15H12ClN5OS. The Kier molecular flexibility index (Phi) is 4.03. The number of thioether (sulfide) groups is 1. The van der Waals surface area contributed by atoms with E-state index in [1.54, 1.807) is 24.3 Å². The lowest BCUT2D eigenvalue weighted by molar-refractivity contribution is 0.835. The van der Waals surface area contributed by atoms with Gasteiger partial charge in [0, 0.05) is 5.02 Å². The molecule has 1 aromatic carbocycles. The van der Waals surface area contributed by atoms with Crippen LogP contribution in [-0.4, -0.2) is 16.2 Å². The minimum Gasteiger partial charge on any atom is -0.384 e. The van der Waals surface area contributed by atoms with Crippen molar-refractivity contribution in [3.8, 4) is 6.07 Å². The first kappa shape index (κ1) is 15.5. The summed E-state index contributed by atoms with van der Waals surface area (Å²) in [5.41, 5.74) is 7.07. The highest BCUT2D eigenvalue weighted by Crippen LogP contribution is 2.38. The molecule has 0 aliphatic carbocycles. The molecule has 0 saturated heterocycles. The summed E-state index contributed by atoms with van der Waals surface area (Å²) < 4.78 is 0. The highest BCUT2D eigenvalue weighted by atomic mass is 35.5. The topological polar surface area (TPSA) is 108 Å². The van der Waals surface area contributed by atoms with Crippen LogP contribution in [0.5, 0.6) is 0 Å². The van der Waals surface area contributed by atoms with Gasteiger partial charge in [-0.2, -0.15) is 5.26 Å². The highest BCUT2D eigenvalue weighted by Gasteiger charge is 2.32. The molecule has 0 bridgehead atoms. The van der Waals surface area contributed by atoms with Crippen LogP contribution < -0.4 is 16.6 Å². The molecule has 2 heterocycles. The van der Waals surface area contributed by atoms with Crippen LogP contribution in [0.3, 0.4) is 0 Å². The Labute approximate surface area is 141 Å². The van der Waals surface area contributed by atoms with E-state index < -0.39 is 5.92 Å². The van der Waals surface area contributed by atoms with E-state index in [2.05, 4.69) is 21.4 Å². The van der Waals surface area contributed by atoms with Crippen molar-refractivity contribution in [2.24, 2.45) is 5.73 Å². The molecule has 8 heteroatoms. The van der Waals surface area contributed by atoms with Gasteiger partial charge in [-0.1, -0.05) is 35.5 Å². The van der Waals surface area contributed by atoms with E-state index in [1.165, 1.54) is 11.8 Å². The molecule has 0 radical (unpaired) electrons. The Morgan fingerprint density at radius 1 is 1.39 bits per heavy atom. The Morgan fingerprint density at radius 3 is 2.70 bits per heavy atom. The van der Waals surface area contributed by atoms with Gasteiger partial charge >= 0.3 is 0 Å². The lowest BCUT2D eigenvalue weighted by atomic mass is 9.84. The summed E-state index contributed by atoms with van der Waals surface area (Å²) in [7, 11) is 0. The zero-order valence-corrected chi connectivity index (χ0v) is 13.6. The van der Waals surface area contributed by atoms with Crippen molar-refractivity contribution in [3.63, 3.8) is 0 Å². The molecule has 0 fully saturated rings. The average molecular weight is 346 g/mol. The predicted molar refractivity (Wildman–Crippen MR) is 90.4 cm³/mol. The number of aromatic amines is 1. The molecule has 2 aromatic rings. The monoisotopic (exact) mass is 345 g/mol. The highest BCUT2D eigenvalue weighted by molar-refractivity contribution is 7.98. The molecule has 6 nitrogen and oxygen atoms in total. The van der Waals surface area contributed by atoms with Crippen LogP contribution in [0.25, 0.3) is 0 Å². The summed E-state index contributed by atoms with van der Waals surface area (Å²) in [6.07, 6.45) is 1.81. The number of H-pyrrole nitrogens is 1. The smallest absolute Gasteiger partial charge is 0.257 e. The van der Waals surface area contributed by atoms with Crippen molar-refractivity contribution in [2.75, 3.05) is 11.6 Å². The van der Waals surface area contributed by atoms with Gasteiger partial charge in [-0.25, -0.2) is 4.98 Å². The number of benzene rings is 1. The molecular weight excluding hydrogens is 334 g/mol. The van der Waals surface area contributed by atoms with Crippen molar-refractivity contribution in [2.45, 2.75) is 11.1 Å². The standard InChI is InChI=1S/C15H12ClN5OS/c1-23-15-20-13-11(14(22)21-15)10(9(6-17)12(18)19-13)7-2-4-8(16)5-3-7/h2-5,10H,18H2,1H3,(H2,19,20,21,22). The molecule has 1 atom stereocenters. The van der Waals surface area contributed by atoms with E-state index in [4.69, 9.17) is 17.3 Å². The first-order valence-corrected chi connectivity index (χ1v) is 8.26. The second-order valence-electron chi connectivity index (χ2n) is 4.89. The zero-order valence-electron chi connectivity index (χ0n) is 12.1. The summed E-state index contributed by atoms with van der Waals surface area (Å²) in [5.74, 6) is -0.0136. The minimum absolute atomic E-state index is 0.199. The molecule has 4 N–H and O–H groups in total. The summed E-state index contributed by atoms with van der Waals surface area (Å²) >= 11 is 7.24. The van der Waals surface area contributed by atoms with Crippen molar-refractivity contribution < 1.29 is 0 Å². The van der Waals surface area contributed by atoms with Gasteiger partial charge in [0.05, 0.1) is 23.1 Å². The number of nitrogens with two attached hydrogens (primary N) is 1. The average Bonchev–Trinajstić information content (AvgIpc) is 2.54. The van der Waals surface area contributed by atoms with Gasteiger partial charge < -0.3 is 16.0 Å². The number of allylic oxidation sites excluding steroid dienone is 1. The summed E-state index contributed by atoms with van der Waals surface area (Å²) in [6.45, 7) is 0. The van der Waals surface area contributed by atoms with Gasteiger partial charge in [0.15, 0.2) is 5.16 Å². The lowest BCUT2D eigenvalue weighted by Crippen LogP contribution is -2.30. The third-order valence-electron chi connectivity index (χ3n) is 3.57. The van der Waals surface area contributed by atoms with Crippen molar-refractivity contribution in [3.05, 3.63) is 62.2 Å². The second kappa shape index (κ2) is 5.99. The van der Waals surface area contributed by atoms with E-state index in [-0.39, 0.29) is 17.0 Å². The van der Waals surface area contributed by atoms with Crippen LogP contribution in [0, 0.1) is 11.3 Å². The van der Waals surface area contributed by atoms with Gasteiger partial charge in [-0.15, -0.1) is 0 Å². The number of aromatic nitrogens is 2. The Balaban J connectivity index is 2.27. The molecule has 1 unspecified atom stereocenters. The number of nitrogens with zero attached hydrogens (tertiary/aromatic N) is 2. The van der Waals surface area contributed by atoms with Crippen LogP contribution in [0.2, 0.25) is 5.02 Å². The molecule has 0 spiro atoms. The fraction of sp³-hybridized carbons (Fsp3) is 0.133. The number of nitrogens with one attached hydrogen (secondary N) is 2. The van der Waals surface area contributed by atoms with Gasteiger partial charge in [-0.05, 0) is 24.0 Å². The first-order valence-electron chi connectivity index (χ1n) is 6.65. The van der Waals surface area contributed by atoms with E-state index in [1.807, 2.05) is 6.26 Å². The second-order valence-corrected chi connectivity index (χ2v) is 6.12. The first-order chi connectivity index (χ1) is 11.0. The fourth-order valence-corrected chi connectivity index (χ4v) is 3.03. The number of hydrogen-bond acceptors (Lipinski definition) is 6. The molecule has 3 rings (SSSR count). The van der Waals surface area contributed by atoms with Crippen molar-refractivity contribution >= 4 is 29.2 Å². The van der Waals surface area contributed by atoms with Crippen LogP contribution >= 0.6 is 23.4 Å². The van der Waals surface area contributed by atoms with Gasteiger partial charge in [0.2, 0.25) is 0 Å². The van der Waals surface area contributed by atoms with Crippen LogP contribution in [0.1, 0.15) is 17.0 Å². The molecule has 1 aromatic heterocycles. The fourth-order valence-electron chi connectivity index (χ4n) is 2.53. The summed E-state index contributed by atoms with van der Waals surface area (Å²) in [5, 5.41) is 13.4. The molecule has 1 aliphatic heterocycles. The van der Waals surface area contributed by atoms with Crippen molar-refractivity contribution in [1.29, 1.82) is 5.26 Å². The lowest BCUT2D eigenvalue weighted by Gasteiger charge is -2.26. The van der Waals surface area contributed by atoms with E-state index in [0.717, 1.165) is 5.56 Å². The maximum atomic E-state index is 12.5. The molecule has 0 amide bonds. The van der Waals surface area contributed by atoms with Gasteiger partial charge in [0.25, 0.3) is 5.56 Å². The minimum atomic E-state index is -0.583. The van der Waals surface area contributed by atoms with Gasteiger partial charge in [-0.3, -0.25) is 4.79 Å². The molecule has 116 valence electrons. The third-order valence-corrected chi connectivity index (χ3v) is 4.40. The summed E-state index contributed by atoms with van der Waals surface area (Å²) in [6, 6.07) is 9.05. The predicted octanol–water partition coefficient (Wildman–Crippen LogP) is 2.40. The van der Waals surface area contributed by atoms with Crippen LogP contribution in [-0.2, 0) is 0 Å². The number of nitriles is 1. The quantitative estimate of drug-likeness (QED) is 0.569. The summed E-state index contributed by atoms with van der Waals surface area (Å²) in [4.78, 5) is 19.6. The number of hydrogen-bond donors (Lipinski definition) is 3. The Hall–Kier alpha value is -2.43. The molecule has 23 heavy (non-hydrogen) atoms. The number of halogens is 1. The molecule has 1 aliphatic rings. The Bertz CT molecular complexity index is 898. The third kappa shape index (κ3) is 2.67. The number of anilines is 1. The van der Waals surface area contributed by atoms with E-state index in [0.29, 0.717) is 21.6 Å². The van der Waals surface area contributed by atoms with E-state index in [9.17, 15) is 10.1 Å².